The number of hydrogen-bond acceptors (Lipinski definition) is 3. The topological polar surface area (TPSA) is 47.8 Å². The Morgan fingerprint density at radius 2 is 2.43 bits per heavy atom. The fraction of sp³-hybridized carbons (Fsp3) is 0.300. The maximum absolute atomic E-state index is 10.8. The summed E-state index contributed by atoms with van der Waals surface area (Å²) >= 11 is 0. The third-order valence-electron chi connectivity index (χ3n) is 2.09. The summed E-state index contributed by atoms with van der Waals surface area (Å²) in [6, 6.07) is 3.68. The van der Waals surface area contributed by atoms with Crippen molar-refractivity contribution in [1.82, 2.24) is 14.5 Å². The molecule has 0 saturated carbocycles. The van der Waals surface area contributed by atoms with Crippen LogP contribution < -0.4 is 0 Å². The SMILES string of the molecule is CCCn1c(C=O)nc2cccnc21. The molecule has 0 atom stereocenters. The predicted molar refractivity (Wildman–Crippen MR) is 53.2 cm³/mol. The molecule has 4 heteroatoms. The number of imidazole rings is 1. The summed E-state index contributed by atoms with van der Waals surface area (Å²) in [5.41, 5.74) is 1.57. The van der Waals surface area contributed by atoms with Gasteiger partial charge in [0.05, 0.1) is 0 Å². The van der Waals surface area contributed by atoms with Crippen molar-refractivity contribution in [2.24, 2.45) is 0 Å². The van der Waals surface area contributed by atoms with E-state index in [4.69, 9.17) is 0 Å². The van der Waals surface area contributed by atoms with Crippen molar-refractivity contribution in [3.63, 3.8) is 0 Å². The van der Waals surface area contributed by atoms with E-state index >= 15 is 0 Å². The van der Waals surface area contributed by atoms with E-state index in [9.17, 15) is 4.79 Å². The second-order valence-corrected chi connectivity index (χ2v) is 3.09. The molecule has 14 heavy (non-hydrogen) atoms. The van der Waals surface area contributed by atoms with Gasteiger partial charge in [0.1, 0.15) is 5.52 Å². The van der Waals surface area contributed by atoms with Crippen LogP contribution in [0.25, 0.3) is 11.2 Å². The molecule has 2 aromatic heterocycles. The van der Waals surface area contributed by atoms with Crippen molar-refractivity contribution in [3.05, 3.63) is 24.2 Å². The van der Waals surface area contributed by atoms with Crippen LogP contribution in [0.5, 0.6) is 0 Å². The molecule has 0 spiro atoms. The van der Waals surface area contributed by atoms with Crippen molar-refractivity contribution in [2.75, 3.05) is 0 Å². The van der Waals surface area contributed by atoms with Gasteiger partial charge in [-0.2, -0.15) is 0 Å². The average molecular weight is 189 g/mol. The van der Waals surface area contributed by atoms with Gasteiger partial charge in [-0.3, -0.25) is 4.79 Å². The summed E-state index contributed by atoms with van der Waals surface area (Å²) in [7, 11) is 0. The maximum atomic E-state index is 10.8. The summed E-state index contributed by atoms with van der Waals surface area (Å²) < 4.78 is 1.85. The van der Waals surface area contributed by atoms with Crippen LogP contribution in [0.1, 0.15) is 24.0 Å². The van der Waals surface area contributed by atoms with E-state index in [1.807, 2.05) is 16.7 Å². The van der Waals surface area contributed by atoms with E-state index in [0.29, 0.717) is 5.82 Å². The highest BCUT2D eigenvalue weighted by atomic mass is 16.1. The molecule has 0 N–H and O–H groups in total. The molecule has 0 aliphatic heterocycles. The van der Waals surface area contributed by atoms with Crippen LogP contribution in [0.3, 0.4) is 0 Å². The molecule has 0 saturated heterocycles. The Hall–Kier alpha value is -1.71. The maximum Gasteiger partial charge on any atom is 0.185 e. The first-order chi connectivity index (χ1) is 6.86. The second-order valence-electron chi connectivity index (χ2n) is 3.09. The van der Waals surface area contributed by atoms with Gasteiger partial charge in [0.2, 0.25) is 0 Å². The molecule has 0 radical (unpaired) electrons. The van der Waals surface area contributed by atoms with Gasteiger partial charge in [-0.15, -0.1) is 0 Å². The first kappa shape index (κ1) is 8.87. The molecule has 0 unspecified atom stereocenters. The van der Waals surface area contributed by atoms with Crippen LogP contribution in [-0.2, 0) is 6.54 Å². The zero-order chi connectivity index (χ0) is 9.97. The second kappa shape index (κ2) is 3.57. The first-order valence-corrected chi connectivity index (χ1v) is 4.63. The Morgan fingerprint density at radius 3 is 3.14 bits per heavy atom. The lowest BCUT2D eigenvalue weighted by atomic mass is 10.4. The van der Waals surface area contributed by atoms with E-state index in [2.05, 4.69) is 16.9 Å². The molecule has 0 fully saturated rings. The van der Waals surface area contributed by atoms with Crippen molar-refractivity contribution >= 4 is 17.5 Å². The molecule has 0 aliphatic rings. The van der Waals surface area contributed by atoms with Crippen molar-refractivity contribution in [2.45, 2.75) is 19.9 Å². The summed E-state index contributed by atoms with van der Waals surface area (Å²) in [6.45, 7) is 2.84. The fourth-order valence-corrected chi connectivity index (χ4v) is 1.51. The molecule has 0 aliphatic carbocycles. The van der Waals surface area contributed by atoms with Gasteiger partial charge in [0.15, 0.2) is 17.8 Å². The highest BCUT2D eigenvalue weighted by Gasteiger charge is 2.08. The Bertz CT molecular complexity index is 461. The zero-order valence-electron chi connectivity index (χ0n) is 7.97. The lowest BCUT2D eigenvalue weighted by Gasteiger charge is -2.01. The highest BCUT2D eigenvalue weighted by Crippen LogP contribution is 2.12. The number of fused-ring (bicyclic) bond motifs is 1. The molecule has 0 bridgehead atoms. The minimum atomic E-state index is 0.459. The van der Waals surface area contributed by atoms with Gasteiger partial charge >= 0.3 is 0 Å². The van der Waals surface area contributed by atoms with Gasteiger partial charge in [-0.25, -0.2) is 9.97 Å². The van der Waals surface area contributed by atoms with Gasteiger partial charge in [-0.05, 0) is 18.6 Å². The number of hydrogen-bond donors (Lipinski definition) is 0. The quantitative estimate of drug-likeness (QED) is 0.690. The van der Waals surface area contributed by atoms with Gasteiger partial charge in [-0.1, -0.05) is 6.92 Å². The van der Waals surface area contributed by atoms with E-state index in [0.717, 1.165) is 30.4 Å². The minimum Gasteiger partial charge on any atom is -0.306 e. The molecular formula is C10H11N3O. The van der Waals surface area contributed by atoms with E-state index in [1.54, 1.807) is 6.20 Å². The number of aromatic nitrogens is 3. The molecule has 0 aromatic carbocycles. The Kier molecular flexibility index (Phi) is 2.26. The summed E-state index contributed by atoms with van der Waals surface area (Å²) in [5.74, 6) is 0.459. The normalized spacial score (nSPS) is 10.6. The largest absolute Gasteiger partial charge is 0.306 e. The zero-order valence-corrected chi connectivity index (χ0v) is 7.97. The lowest BCUT2D eigenvalue weighted by molar-refractivity contribution is 0.111. The Balaban J connectivity index is 2.67. The Labute approximate surface area is 81.6 Å². The summed E-state index contributed by atoms with van der Waals surface area (Å²) in [5, 5.41) is 0. The molecule has 2 rings (SSSR count). The standard InChI is InChI=1S/C10H11N3O/c1-2-6-13-9(7-14)12-8-4-3-5-11-10(8)13/h3-5,7H,2,6H2,1H3. The molecule has 4 nitrogen and oxygen atoms in total. The van der Waals surface area contributed by atoms with Crippen LogP contribution >= 0.6 is 0 Å². The number of carbonyl (C=O) groups is 1. The lowest BCUT2D eigenvalue weighted by Crippen LogP contribution is -2.02. The van der Waals surface area contributed by atoms with E-state index < -0.39 is 0 Å². The molecule has 72 valence electrons. The number of nitrogens with zero attached hydrogens (tertiary/aromatic N) is 3. The fourth-order valence-electron chi connectivity index (χ4n) is 1.51. The van der Waals surface area contributed by atoms with E-state index in [-0.39, 0.29) is 0 Å². The monoisotopic (exact) mass is 189 g/mol. The van der Waals surface area contributed by atoms with Crippen LogP contribution in [0.2, 0.25) is 0 Å². The van der Waals surface area contributed by atoms with Crippen LogP contribution in [0.15, 0.2) is 18.3 Å². The number of aldehydes is 1. The summed E-state index contributed by atoms with van der Waals surface area (Å²) in [6.07, 6.45) is 3.45. The minimum absolute atomic E-state index is 0.459. The number of aryl methyl sites for hydroxylation is 1. The highest BCUT2D eigenvalue weighted by molar-refractivity contribution is 5.80. The van der Waals surface area contributed by atoms with Gasteiger partial charge < -0.3 is 4.57 Å². The number of pyridine rings is 1. The molecular weight excluding hydrogens is 178 g/mol. The number of carbonyl (C=O) groups excluding carboxylic acids is 1. The van der Waals surface area contributed by atoms with Crippen LogP contribution in [0.4, 0.5) is 0 Å². The summed E-state index contributed by atoms with van der Waals surface area (Å²) in [4.78, 5) is 19.2. The third kappa shape index (κ3) is 1.28. The van der Waals surface area contributed by atoms with Crippen LogP contribution in [0, 0.1) is 0 Å². The van der Waals surface area contributed by atoms with Crippen molar-refractivity contribution in [1.29, 1.82) is 0 Å². The van der Waals surface area contributed by atoms with Gasteiger partial charge in [0.25, 0.3) is 0 Å². The Morgan fingerprint density at radius 1 is 1.57 bits per heavy atom. The van der Waals surface area contributed by atoms with E-state index in [1.165, 1.54) is 0 Å². The predicted octanol–water partition coefficient (Wildman–Crippen LogP) is 1.65. The average Bonchev–Trinajstić information content (AvgIpc) is 2.58. The molecule has 2 aromatic rings. The van der Waals surface area contributed by atoms with Gasteiger partial charge in [0, 0.05) is 12.7 Å². The molecule has 2 heterocycles. The van der Waals surface area contributed by atoms with Crippen molar-refractivity contribution < 1.29 is 4.79 Å². The number of rotatable bonds is 3. The smallest absolute Gasteiger partial charge is 0.185 e. The third-order valence-corrected chi connectivity index (χ3v) is 2.09. The van der Waals surface area contributed by atoms with Crippen molar-refractivity contribution in [3.8, 4) is 0 Å². The molecule has 0 amide bonds. The first-order valence-electron chi connectivity index (χ1n) is 4.63. The van der Waals surface area contributed by atoms with Crippen LogP contribution in [-0.4, -0.2) is 20.8 Å².